The van der Waals surface area contributed by atoms with Gasteiger partial charge >= 0.3 is 17.9 Å². The maximum atomic E-state index is 12.9. The molecule has 0 N–H and O–H groups in total. The van der Waals surface area contributed by atoms with Crippen LogP contribution in [0.5, 0.6) is 0 Å². The minimum absolute atomic E-state index is 0.110. The molecule has 0 aromatic carbocycles. The number of esters is 3. The number of allylic oxidation sites excluding steroid dienone is 16. The number of unbranched alkanes of at least 4 members (excludes halogenated alkanes) is 28. The highest BCUT2D eigenvalue weighted by Gasteiger charge is 2.19. The second kappa shape index (κ2) is 60.9. The predicted octanol–water partition coefficient (Wildman–Crippen LogP) is 20.9. The molecule has 0 unspecified atom stereocenters. The van der Waals surface area contributed by atoms with E-state index in [-0.39, 0.29) is 37.5 Å². The molecule has 0 radical (unpaired) electrons. The van der Waals surface area contributed by atoms with Crippen LogP contribution >= 0.6 is 0 Å². The molecule has 0 aromatic rings. The van der Waals surface area contributed by atoms with Gasteiger partial charge < -0.3 is 14.2 Å². The Morgan fingerprint density at radius 2 is 0.507 bits per heavy atom. The molecule has 0 spiro atoms. The number of hydrogen-bond donors (Lipinski definition) is 0. The second-order valence-corrected chi connectivity index (χ2v) is 20.2. The predicted molar refractivity (Wildman–Crippen MR) is 316 cm³/mol. The first kappa shape index (κ1) is 69.3. The van der Waals surface area contributed by atoms with Crippen molar-refractivity contribution in [2.75, 3.05) is 13.2 Å². The van der Waals surface area contributed by atoms with Crippen molar-refractivity contribution in [3.8, 4) is 0 Å². The lowest BCUT2D eigenvalue weighted by atomic mass is 10.1. The highest BCUT2D eigenvalue weighted by atomic mass is 16.6. The van der Waals surface area contributed by atoms with E-state index in [2.05, 4.69) is 118 Å². The molecule has 0 rings (SSSR count). The zero-order valence-corrected chi connectivity index (χ0v) is 47.9. The number of hydrogen-bond acceptors (Lipinski definition) is 6. The highest BCUT2D eigenvalue weighted by Crippen LogP contribution is 2.15. The molecule has 0 bridgehead atoms. The highest BCUT2D eigenvalue weighted by molar-refractivity contribution is 5.71. The Morgan fingerprint density at radius 3 is 0.877 bits per heavy atom. The van der Waals surface area contributed by atoms with Gasteiger partial charge in [0.2, 0.25) is 0 Å². The molecule has 1 atom stereocenters. The zero-order chi connectivity index (χ0) is 52.9. The van der Waals surface area contributed by atoms with E-state index in [0.717, 1.165) is 83.5 Å². The first-order valence-corrected chi connectivity index (χ1v) is 30.7. The van der Waals surface area contributed by atoms with E-state index in [4.69, 9.17) is 14.2 Å². The molecule has 73 heavy (non-hydrogen) atoms. The topological polar surface area (TPSA) is 78.9 Å². The van der Waals surface area contributed by atoms with Gasteiger partial charge in [-0.2, -0.15) is 0 Å². The van der Waals surface area contributed by atoms with E-state index in [0.29, 0.717) is 19.3 Å². The summed E-state index contributed by atoms with van der Waals surface area (Å²) in [6.07, 6.45) is 81.2. The third-order valence-electron chi connectivity index (χ3n) is 13.0. The van der Waals surface area contributed by atoms with Crippen LogP contribution in [0.2, 0.25) is 0 Å². The summed E-state index contributed by atoms with van der Waals surface area (Å²) in [7, 11) is 0. The van der Waals surface area contributed by atoms with Gasteiger partial charge in [0.1, 0.15) is 13.2 Å². The molecule has 0 aromatic heterocycles. The first-order valence-electron chi connectivity index (χ1n) is 30.7. The minimum atomic E-state index is -0.814. The van der Waals surface area contributed by atoms with Crippen LogP contribution in [-0.2, 0) is 28.6 Å². The van der Waals surface area contributed by atoms with Gasteiger partial charge in [0.05, 0.1) is 0 Å². The molecular formula is C67H114O6. The van der Waals surface area contributed by atoms with Crippen molar-refractivity contribution >= 4 is 17.9 Å². The van der Waals surface area contributed by atoms with E-state index in [1.54, 1.807) is 0 Å². The molecule has 0 aliphatic carbocycles. The molecule has 6 nitrogen and oxygen atoms in total. The fourth-order valence-corrected chi connectivity index (χ4v) is 8.38. The summed E-state index contributed by atoms with van der Waals surface area (Å²) in [5.74, 6) is -0.987. The largest absolute Gasteiger partial charge is 0.462 e. The Kier molecular flexibility index (Phi) is 57.8. The van der Waals surface area contributed by atoms with Gasteiger partial charge in [-0.05, 0) is 122 Å². The molecule has 418 valence electrons. The lowest BCUT2D eigenvalue weighted by Crippen LogP contribution is -2.30. The van der Waals surface area contributed by atoms with Gasteiger partial charge in [-0.3, -0.25) is 14.4 Å². The van der Waals surface area contributed by atoms with Crippen LogP contribution in [0.25, 0.3) is 0 Å². The maximum Gasteiger partial charge on any atom is 0.306 e. The van der Waals surface area contributed by atoms with Crippen molar-refractivity contribution in [1.82, 2.24) is 0 Å². The summed E-state index contributed by atoms with van der Waals surface area (Å²) in [4.78, 5) is 38.2. The van der Waals surface area contributed by atoms with Crippen molar-refractivity contribution in [1.29, 1.82) is 0 Å². The van der Waals surface area contributed by atoms with Crippen LogP contribution in [0.1, 0.15) is 290 Å². The third-order valence-corrected chi connectivity index (χ3v) is 13.0. The van der Waals surface area contributed by atoms with Crippen LogP contribution in [0, 0.1) is 0 Å². The summed E-state index contributed by atoms with van der Waals surface area (Å²) in [6, 6.07) is 0. The van der Waals surface area contributed by atoms with Crippen LogP contribution in [0.4, 0.5) is 0 Å². The summed E-state index contributed by atoms with van der Waals surface area (Å²) in [5.41, 5.74) is 0. The van der Waals surface area contributed by atoms with E-state index in [1.807, 2.05) is 0 Å². The van der Waals surface area contributed by atoms with Gasteiger partial charge in [0.15, 0.2) is 6.10 Å². The van der Waals surface area contributed by atoms with Gasteiger partial charge in [-0.15, -0.1) is 0 Å². The summed E-state index contributed by atoms with van der Waals surface area (Å²) in [6.45, 7) is 6.55. The Labute approximate surface area is 451 Å². The normalized spacial score (nSPS) is 12.8. The molecule has 0 saturated heterocycles. The quantitative estimate of drug-likeness (QED) is 0.0261. The third kappa shape index (κ3) is 59.1. The summed E-state index contributed by atoms with van der Waals surface area (Å²) >= 11 is 0. The standard InChI is InChI=1S/C67H114O6/c1-4-7-10-13-16-19-22-25-28-31-33-36-39-42-45-48-51-54-57-60-66(69)72-63-64(62-71-65(68)59-56-53-50-47-44-41-38-35-30-27-24-21-18-15-12-9-6-3)73-67(70)61-58-55-52-49-46-43-40-37-34-32-29-26-23-20-17-14-11-8-5-2/h16,19,25-30,33,36,38,41-42,45,47,50,64H,4-15,17-18,20-24,31-32,34-35,37,39-40,43-44,46,48-49,51-63H2,1-3H3/b19-16-,28-25-,29-26-,30-27-,36-33-,41-38-,45-42-,50-47-/t64-/m0/s1. The fourth-order valence-electron chi connectivity index (χ4n) is 8.38. The van der Waals surface area contributed by atoms with Crippen LogP contribution < -0.4 is 0 Å². The minimum Gasteiger partial charge on any atom is -0.462 e. The summed E-state index contributed by atoms with van der Waals surface area (Å²) in [5, 5.41) is 0. The Hall–Kier alpha value is -3.67. The molecule has 0 saturated carbocycles. The van der Waals surface area contributed by atoms with E-state index >= 15 is 0 Å². The fraction of sp³-hybridized carbons (Fsp3) is 0.716. The smallest absolute Gasteiger partial charge is 0.306 e. The van der Waals surface area contributed by atoms with Crippen LogP contribution in [0.3, 0.4) is 0 Å². The first-order chi connectivity index (χ1) is 36.0. The van der Waals surface area contributed by atoms with Gasteiger partial charge in [-0.25, -0.2) is 0 Å². The lowest BCUT2D eigenvalue weighted by Gasteiger charge is -2.18. The van der Waals surface area contributed by atoms with Crippen molar-refractivity contribution in [3.05, 3.63) is 97.2 Å². The number of rotatable bonds is 55. The van der Waals surface area contributed by atoms with Crippen molar-refractivity contribution < 1.29 is 28.6 Å². The molecule has 0 aliphatic rings. The average molecular weight is 1020 g/mol. The van der Waals surface area contributed by atoms with Crippen LogP contribution in [-0.4, -0.2) is 37.2 Å². The molecule has 0 aliphatic heterocycles. The zero-order valence-electron chi connectivity index (χ0n) is 47.9. The summed E-state index contributed by atoms with van der Waals surface area (Å²) < 4.78 is 16.8. The van der Waals surface area contributed by atoms with Crippen LogP contribution in [0.15, 0.2) is 97.2 Å². The van der Waals surface area contributed by atoms with E-state index in [1.165, 1.54) is 161 Å². The average Bonchev–Trinajstić information content (AvgIpc) is 3.39. The monoisotopic (exact) mass is 1010 g/mol. The Bertz CT molecular complexity index is 1440. The molecule has 6 heteroatoms. The molecule has 0 amide bonds. The van der Waals surface area contributed by atoms with E-state index in [9.17, 15) is 14.4 Å². The Balaban J connectivity index is 4.51. The number of carbonyl (C=O) groups excluding carboxylic acids is 3. The van der Waals surface area contributed by atoms with Crippen molar-refractivity contribution in [2.24, 2.45) is 0 Å². The SMILES string of the molecule is CCCCC/C=C\C/C=C\C/C=C\C/C=C\CCCCCC(=O)OC[C@H](COC(=O)CCC/C=C\C/C=C\C/C=C\CCCCCCCC)OC(=O)CCCCCCCCCCC/C=C\CCCCCCCC. The van der Waals surface area contributed by atoms with Crippen molar-refractivity contribution in [2.45, 2.75) is 297 Å². The van der Waals surface area contributed by atoms with Crippen molar-refractivity contribution in [3.63, 3.8) is 0 Å². The second-order valence-electron chi connectivity index (χ2n) is 20.2. The number of ether oxygens (including phenoxy) is 3. The van der Waals surface area contributed by atoms with Gasteiger partial charge in [-0.1, -0.05) is 246 Å². The molecule has 0 heterocycles. The number of carbonyl (C=O) groups is 3. The lowest BCUT2D eigenvalue weighted by molar-refractivity contribution is -0.167. The molecule has 0 fully saturated rings. The maximum absolute atomic E-state index is 12.9. The van der Waals surface area contributed by atoms with Gasteiger partial charge in [0.25, 0.3) is 0 Å². The van der Waals surface area contributed by atoms with E-state index < -0.39 is 6.10 Å². The van der Waals surface area contributed by atoms with Gasteiger partial charge in [0, 0.05) is 19.3 Å². The molecular weight excluding hydrogens is 901 g/mol. The Morgan fingerprint density at radius 1 is 0.274 bits per heavy atom.